The van der Waals surface area contributed by atoms with Crippen LogP contribution in [0.3, 0.4) is 0 Å². The number of amides is 2. The van der Waals surface area contributed by atoms with Gasteiger partial charge in [-0.05, 0) is 110 Å². The molecule has 38 heavy (non-hydrogen) atoms. The normalized spacial score (nSPS) is 28.9. The predicted octanol–water partition coefficient (Wildman–Crippen LogP) is 7.36. The van der Waals surface area contributed by atoms with Gasteiger partial charge in [-0.15, -0.1) is 0 Å². The van der Waals surface area contributed by atoms with Gasteiger partial charge >= 0.3 is 5.97 Å². The summed E-state index contributed by atoms with van der Waals surface area (Å²) in [6.45, 7) is 0.0561. The molecule has 0 radical (unpaired) electrons. The van der Waals surface area contributed by atoms with Gasteiger partial charge in [0, 0.05) is 10.0 Å². The number of benzene rings is 2. The first-order valence-electron chi connectivity index (χ1n) is 12.8. The highest BCUT2D eigenvalue weighted by Crippen LogP contribution is 2.60. The van der Waals surface area contributed by atoms with Crippen molar-refractivity contribution in [3.63, 3.8) is 0 Å². The molecule has 2 aromatic rings. The van der Waals surface area contributed by atoms with Gasteiger partial charge in [0.2, 0.25) is 0 Å². The molecule has 9 heteroatoms. The SMILES string of the molecule is COc1cc(/C=C2\SC(=O)N(Cc3ccc(Cl)cc3Cl)C2=O)ccc1OC(=O)C12CC3CC(CC(C3)C1)C2. The number of carbonyl (C=O) groups is 3. The topological polar surface area (TPSA) is 72.9 Å². The van der Waals surface area contributed by atoms with Crippen LogP contribution in [-0.2, 0) is 16.1 Å². The molecule has 0 atom stereocenters. The Bertz CT molecular complexity index is 1340. The highest BCUT2D eigenvalue weighted by atomic mass is 35.5. The molecule has 0 spiro atoms. The van der Waals surface area contributed by atoms with Crippen LogP contribution in [0.25, 0.3) is 6.08 Å². The summed E-state index contributed by atoms with van der Waals surface area (Å²) in [6, 6.07) is 10.1. The molecule has 2 aromatic carbocycles. The number of hydrogen-bond donors (Lipinski definition) is 0. The second-order valence-electron chi connectivity index (χ2n) is 11.0. The molecule has 1 saturated heterocycles. The van der Waals surface area contributed by atoms with Gasteiger partial charge < -0.3 is 9.47 Å². The Kier molecular flexibility index (Phi) is 6.73. The van der Waals surface area contributed by atoms with Crippen LogP contribution in [-0.4, -0.2) is 29.1 Å². The monoisotopic (exact) mass is 571 g/mol. The smallest absolute Gasteiger partial charge is 0.317 e. The number of carbonyl (C=O) groups excluding carboxylic acids is 3. The van der Waals surface area contributed by atoms with E-state index in [0.717, 1.165) is 35.9 Å². The van der Waals surface area contributed by atoms with Crippen LogP contribution in [0.4, 0.5) is 4.79 Å². The van der Waals surface area contributed by atoms with Crippen molar-refractivity contribution >= 4 is 58.2 Å². The minimum absolute atomic E-state index is 0.0561. The molecule has 0 unspecified atom stereocenters. The summed E-state index contributed by atoms with van der Waals surface area (Å²) in [5.74, 6) is 2.16. The van der Waals surface area contributed by atoms with Crippen molar-refractivity contribution in [2.45, 2.75) is 45.1 Å². The molecular formula is C29H27Cl2NO5S. The van der Waals surface area contributed by atoms with Crippen LogP contribution >= 0.6 is 35.0 Å². The van der Waals surface area contributed by atoms with Crippen LogP contribution in [0.5, 0.6) is 11.5 Å². The second-order valence-corrected chi connectivity index (χ2v) is 12.8. The summed E-state index contributed by atoms with van der Waals surface area (Å²) in [5.41, 5.74) is 0.919. The molecule has 4 saturated carbocycles. The van der Waals surface area contributed by atoms with E-state index in [1.807, 2.05) is 0 Å². The lowest BCUT2D eigenvalue weighted by atomic mass is 9.49. The molecule has 0 N–H and O–H groups in total. The van der Waals surface area contributed by atoms with E-state index in [4.69, 9.17) is 32.7 Å². The van der Waals surface area contributed by atoms with Gasteiger partial charge in [0.15, 0.2) is 11.5 Å². The maximum atomic E-state index is 13.4. The molecule has 4 aliphatic carbocycles. The zero-order valence-electron chi connectivity index (χ0n) is 20.9. The number of esters is 1. The van der Waals surface area contributed by atoms with E-state index < -0.39 is 5.91 Å². The number of nitrogens with zero attached hydrogens (tertiary/aromatic N) is 1. The number of ether oxygens (including phenoxy) is 2. The van der Waals surface area contributed by atoms with E-state index in [1.54, 1.807) is 42.5 Å². The maximum Gasteiger partial charge on any atom is 0.317 e. The number of rotatable bonds is 6. The minimum atomic E-state index is -0.401. The van der Waals surface area contributed by atoms with Crippen LogP contribution < -0.4 is 9.47 Å². The highest BCUT2D eigenvalue weighted by molar-refractivity contribution is 8.18. The van der Waals surface area contributed by atoms with E-state index in [2.05, 4.69) is 0 Å². The van der Waals surface area contributed by atoms with Crippen molar-refractivity contribution in [3.8, 4) is 11.5 Å². The molecule has 0 aromatic heterocycles. The van der Waals surface area contributed by atoms with E-state index in [-0.39, 0.29) is 23.2 Å². The Morgan fingerprint density at radius 1 is 1.03 bits per heavy atom. The fourth-order valence-electron chi connectivity index (χ4n) is 7.03. The minimum Gasteiger partial charge on any atom is -0.493 e. The number of thioether (sulfide) groups is 1. The molecule has 1 aliphatic heterocycles. The van der Waals surface area contributed by atoms with Crippen LogP contribution in [0.2, 0.25) is 10.0 Å². The summed E-state index contributed by atoms with van der Waals surface area (Å²) >= 11 is 13.1. The molecule has 5 aliphatic rings. The highest BCUT2D eigenvalue weighted by Gasteiger charge is 2.55. The lowest BCUT2D eigenvalue weighted by Gasteiger charge is -2.55. The van der Waals surface area contributed by atoms with Gasteiger partial charge in [0.25, 0.3) is 11.1 Å². The largest absolute Gasteiger partial charge is 0.493 e. The van der Waals surface area contributed by atoms with E-state index >= 15 is 0 Å². The Hall–Kier alpha value is -2.48. The van der Waals surface area contributed by atoms with E-state index in [1.165, 1.54) is 26.4 Å². The predicted molar refractivity (Wildman–Crippen MR) is 147 cm³/mol. The molecule has 4 bridgehead atoms. The molecule has 2 amide bonds. The molecule has 1 heterocycles. The lowest BCUT2D eigenvalue weighted by Crippen LogP contribution is -2.51. The Labute approximate surface area is 235 Å². The van der Waals surface area contributed by atoms with Crippen molar-refractivity contribution in [3.05, 3.63) is 62.5 Å². The summed E-state index contributed by atoms with van der Waals surface area (Å²) in [4.78, 5) is 40.5. The number of methoxy groups -OCH3 is 1. The summed E-state index contributed by atoms with van der Waals surface area (Å²) < 4.78 is 11.5. The fraction of sp³-hybridized carbons (Fsp3) is 0.414. The Morgan fingerprint density at radius 2 is 1.71 bits per heavy atom. The number of hydrogen-bond acceptors (Lipinski definition) is 6. The molecule has 5 fully saturated rings. The maximum absolute atomic E-state index is 13.4. The molecule has 198 valence electrons. The zero-order valence-corrected chi connectivity index (χ0v) is 23.2. The van der Waals surface area contributed by atoms with Gasteiger partial charge in [-0.3, -0.25) is 19.3 Å². The molecular weight excluding hydrogens is 545 g/mol. The average Bonchev–Trinajstić information content (AvgIpc) is 3.12. The van der Waals surface area contributed by atoms with Crippen molar-refractivity contribution in [2.24, 2.45) is 23.2 Å². The third-order valence-corrected chi connectivity index (χ3v) is 9.87. The quantitative estimate of drug-likeness (QED) is 0.205. The molecule has 6 nitrogen and oxygen atoms in total. The first-order valence-corrected chi connectivity index (χ1v) is 14.4. The van der Waals surface area contributed by atoms with Gasteiger partial charge in [0.1, 0.15) is 0 Å². The Balaban J connectivity index is 1.18. The Morgan fingerprint density at radius 3 is 2.34 bits per heavy atom. The first-order chi connectivity index (χ1) is 18.2. The summed E-state index contributed by atoms with van der Waals surface area (Å²) in [6.07, 6.45) is 8.18. The van der Waals surface area contributed by atoms with E-state index in [0.29, 0.717) is 55.3 Å². The van der Waals surface area contributed by atoms with Crippen LogP contribution in [0.15, 0.2) is 41.3 Å². The van der Waals surface area contributed by atoms with Crippen molar-refractivity contribution < 1.29 is 23.9 Å². The van der Waals surface area contributed by atoms with Crippen LogP contribution in [0, 0.1) is 23.2 Å². The fourth-order valence-corrected chi connectivity index (χ4v) is 8.34. The summed E-state index contributed by atoms with van der Waals surface area (Å²) in [7, 11) is 1.52. The average molecular weight is 573 g/mol. The first kappa shape index (κ1) is 25.8. The van der Waals surface area contributed by atoms with Crippen LogP contribution in [0.1, 0.15) is 49.7 Å². The van der Waals surface area contributed by atoms with E-state index in [9.17, 15) is 14.4 Å². The van der Waals surface area contributed by atoms with Crippen molar-refractivity contribution in [2.75, 3.05) is 7.11 Å². The second kappa shape index (κ2) is 9.92. The standard InChI is InChI=1S/C29H27Cl2NO5S/c1-36-24-9-16(10-25-26(33)32(28(35)38-25)15-20-3-4-21(30)11-22(20)31)2-5-23(24)37-27(34)29-12-17-6-18(13-29)8-19(7-17)14-29/h2-5,9-11,17-19H,6-8,12-15H2,1H3/b25-10-. The molecule has 7 rings (SSSR count). The van der Waals surface area contributed by atoms with Crippen molar-refractivity contribution in [1.82, 2.24) is 4.90 Å². The third-order valence-electron chi connectivity index (χ3n) is 8.38. The number of halogens is 2. The third kappa shape index (κ3) is 4.74. The lowest BCUT2D eigenvalue weighted by molar-refractivity contribution is -0.161. The number of imide groups is 1. The summed E-state index contributed by atoms with van der Waals surface area (Å²) in [5, 5.41) is 0.498. The zero-order chi connectivity index (χ0) is 26.6. The van der Waals surface area contributed by atoms with Gasteiger partial charge in [-0.2, -0.15) is 0 Å². The van der Waals surface area contributed by atoms with Gasteiger partial charge in [-0.25, -0.2) is 0 Å². The van der Waals surface area contributed by atoms with Crippen molar-refractivity contribution in [1.29, 1.82) is 0 Å². The van der Waals surface area contributed by atoms with Gasteiger partial charge in [-0.1, -0.05) is 35.3 Å². The van der Waals surface area contributed by atoms with Gasteiger partial charge in [0.05, 0.1) is 24.0 Å².